The first-order valence-corrected chi connectivity index (χ1v) is 7.25. The van der Waals surface area contributed by atoms with Crippen molar-refractivity contribution in [3.63, 3.8) is 0 Å². The molecule has 0 saturated carbocycles. The summed E-state index contributed by atoms with van der Waals surface area (Å²) in [6, 6.07) is 1.82. The van der Waals surface area contributed by atoms with E-state index in [1.54, 1.807) is 0 Å². The van der Waals surface area contributed by atoms with Gasteiger partial charge in [-0.1, -0.05) is 39.5 Å². The van der Waals surface area contributed by atoms with Gasteiger partial charge in [0.2, 0.25) is 0 Å². The summed E-state index contributed by atoms with van der Waals surface area (Å²) in [4.78, 5) is 8.63. The highest BCUT2D eigenvalue weighted by atomic mass is 32.2. The molecule has 4 N–H and O–H groups in total. The monoisotopic (exact) mass is 269 g/mol. The normalized spacial score (nSPS) is 11.7. The minimum absolute atomic E-state index is 0.209. The van der Waals surface area contributed by atoms with Gasteiger partial charge in [0.15, 0.2) is 5.16 Å². The topological polar surface area (TPSA) is 75.9 Å². The van der Waals surface area contributed by atoms with Gasteiger partial charge in [0.05, 0.1) is 0 Å². The second-order valence-corrected chi connectivity index (χ2v) is 6.04. The van der Waals surface area contributed by atoms with Gasteiger partial charge < -0.3 is 10.7 Å². The van der Waals surface area contributed by atoms with E-state index in [9.17, 15) is 0 Å². The van der Waals surface area contributed by atoms with Crippen LogP contribution in [0.15, 0.2) is 11.2 Å². The average Bonchev–Trinajstić information content (AvgIpc) is 2.35. The van der Waals surface area contributed by atoms with Crippen LogP contribution in [0.5, 0.6) is 0 Å². The molecule has 0 amide bonds. The Bertz CT molecular complexity index is 370. The lowest BCUT2D eigenvalue weighted by atomic mass is 9.81. The fourth-order valence-electron chi connectivity index (χ4n) is 1.20. The third kappa shape index (κ3) is 4.03. The molecule has 0 unspecified atom stereocenters. The van der Waals surface area contributed by atoms with Gasteiger partial charge >= 0.3 is 0 Å². The number of nitrogens with one attached hydrogen (secondary N) is 2. The van der Waals surface area contributed by atoms with Gasteiger partial charge in [-0.25, -0.2) is 15.8 Å². The number of hydrazine groups is 1. The molecular formula is C12H23N5S. The van der Waals surface area contributed by atoms with Gasteiger partial charge in [0, 0.05) is 12.6 Å². The molecule has 1 rings (SSSR count). The van der Waals surface area contributed by atoms with Crippen molar-refractivity contribution in [2.45, 2.75) is 32.9 Å². The molecule has 18 heavy (non-hydrogen) atoms. The number of nitrogen functional groups attached to an aromatic ring is 1. The predicted octanol–water partition coefficient (Wildman–Crippen LogP) is 2.58. The summed E-state index contributed by atoms with van der Waals surface area (Å²) in [5.41, 5.74) is 2.77. The van der Waals surface area contributed by atoms with Crippen LogP contribution in [0.4, 0.5) is 11.6 Å². The Hall–Kier alpha value is -1.01. The first kappa shape index (κ1) is 15.0. The van der Waals surface area contributed by atoms with Crippen LogP contribution in [0.3, 0.4) is 0 Å². The van der Waals surface area contributed by atoms with Gasteiger partial charge in [-0.15, -0.1) is 0 Å². The molecule has 0 fully saturated rings. The number of anilines is 2. The molecule has 102 valence electrons. The third-order valence-electron chi connectivity index (χ3n) is 3.32. The summed E-state index contributed by atoms with van der Waals surface area (Å²) in [7, 11) is 0. The number of aromatic nitrogens is 2. The highest BCUT2D eigenvalue weighted by Crippen LogP contribution is 2.26. The fraction of sp³-hybridized carbons (Fsp3) is 0.667. The third-order valence-corrected chi connectivity index (χ3v) is 3.87. The Morgan fingerprint density at radius 1 is 1.33 bits per heavy atom. The van der Waals surface area contributed by atoms with Crippen molar-refractivity contribution in [1.29, 1.82) is 0 Å². The van der Waals surface area contributed by atoms with Crippen LogP contribution < -0.4 is 16.6 Å². The fourth-order valence-corrected chi connectivity index (χ4v) is 1.58. The smallest absolute Gasteiger partial charge is 0.191 e. The van der Waals surface area contributed by atoms with Gasteiger partial charge in [0.25, 0.3) is 0 Å². The Morgan fingerprint density at radius 3 is 2.44 bits per heavy atom. The lowest BCUT2D eigenvalue weighted by molar-refractivity contribution is 0.269. The standard InChI is InChI=1S/C12H23N5S/c1-8(2)12(3,4)7-14-9-6-10(17-13)16-11(15-9)18-5/h6,8H,7,13H2,1-5H3,(H2,14,15,16,17). The summed E-state index contributed by atoms with van der Waals surface area (Å²) in [5, 5.41) is 4.06. The second-order valence-electron chi connectivity index (χ2n) is 5.27. The van der Waals surface area contributed by atoms with E-state index in [-0.39, 0.29) is 5.41 Å². The Balaban J connectivity index is 2.78. The molecule has 0 aliphatic carbocycles. The molecule has 5 nitrogen and oxygen atoms in total. The SMILES string of the molecule is CSc1nc(NN)cc(NCC(C)(C)C(C)C)n1. The lowest BCUT2D eigenvalue weighted by Crippen LogP contribution is -2.28. The lowest BCUT2D eigenvalue weighted by Gasteiger charge is -2.29. The van der Waals surface area contributed by atoms with Crippen LogP contribution in [-0.4, -0.2) is 22.8 Å². The summed E-state index contributed by atoms with van der Waals surface area (Å²) in [5.74, 6) is 7.42. The van der Waals surface area contributed by atoms with Crippen LogP contribution in [0.2, 0.25) is 0 Å². The minimum atomic E-state index is 0.209. The molecule has 6 heteroatoms. The van der Waals surface area contributed by atoms with E-state index >= 15 is 0 Å². The average molecular weight is 269 g/mol. The van der Waals surface area contributed by atoms with Crippen LogP contribution in [-0.2, 0) is 0 Å². The van der Waals surface area contributed by atoms with E-state index in [1.807, 2.05) is 12.3 Å². The Labute approximate surface area is 113 Å². The zero-order valence-corrected chi connectivity index (χ0v) is 12.6. The summed E-state index contributed by atoms with van der Waals surface area (Å²) in [6.07, 6.45) is 1.94. The molecule has 0 bridgehead atoms. The first-order chi connectivity index (χ1) is 8.39. The summed E-state index contributed by atoms with van der Waals surface area (Å²) in [6.45, 7) is 9.79. The highest BCUT2D eigenvalue weighted by molar-refractivity contribution is 7.98. The molecule has 1 aromatic heterocycles. The molecule has 0 spiro atoms. The molecule has 1 aromatic rings. The maximum atomic E-state index is 5.40. The molecule has 0 saturated heterocycles. The van der Waals surface area contributed by atoms with Crippen molar-refractivity contribution in [2.24, 2.45) is 17.2 Å². The van der Waals surface area contributed by atoms with Crippen molar-refractivity contribution in [3.05, 3.63) is 6.07 Å². The number of hydrogen-bond donors (Lipinski definition) is 3. The molecule has 0 radical (unpaired) electrons. The zero-order valence-electron chi connectivity index (χ0n) is 11.7. The molecule has 0 atom stereocenters. The van der Waals surface area contributed by atoms with Crippen molar-refractivity contribution < 1.29 is 0 Å². The van der Waals surface area contributed by atoms with Crippen molar-refractivity contribution in [1.82, 2.24) is 9.97 Å². The van der Waals surface area contributed by atoms with Gasteiger partial charge in [0.1, 0.15) is 11.6 Å². The number of nitrogens with zero attached hydrogens (tertiary/aromatic N) is 2. The predicted molar refractivity (Wildman–Crippen MR) is 78.7 cm³/mol. The van der Waals surface area contributed by atoms with Gasteiger partial charge in [-0.2, -0.15) is 0 Å². The van der Waals surface area contributed by atoms with E-state index in [2.05, 4.69) is 48.4 Å². The molecule has 0 aliphatic rings. The number of thioether (sulfide) groups is 1. The van der Waals surface area contributed by atoms with Crippen molar-refractivity contribution in [3.8, 4) is 0 Å². The van der Waals surface area contributed by atoms with Gasteiger partial charge in [-0.05, 0) is 17.6 Å². The van der Waals surface area contributed by atoms with E-state index in [0.29, 0.717) is 16.9 Å². The van der Waals surface area contributed by atoms with Crippen LogP contribution in [0, 0.1) is 11.3 Å². The highest BCUT2D eigenvalue weighted by Gasteiger charge is 2.22. The number of nitrogens with two attached hydrogens (primary N) is 1. The quantitative estimate of drug-likeness (QED) is 0.319. The molecule has 0 aromatic carbocycles. The Kier molecular flexibility index (Phi) is 5.22. The van der Waals surface area contributed by atoms with Gasteiger partial charge in [-0.3, -0.25) is 0 Å². The summed E-state index contributed by atoms with van der Waals surface area (Å²) < 4.78 is 0. The van der Waals surface area contributed by atoms with Crippen LogP contribution >= 0.6 is 11.8 Å². The van der Waals surface area contributed by atoms with E-state index < -0.39 is 0 Å². The summed E-state index contributed by atoms with van der Waals surface area (Å²) >= 11 is 1.49. The molecular weight excluding hydrogens is 246 g/mol. The van der Waals surface area contributed by atoms with Crippen molar-refractivity contribution >= 4 is 23.4 Å². The first-order valence-electron chi connectivity index (χ1n) is 6.02. The molecule has 0 aliphatic heterocycles. The van der Waals surface area contributed by atoms with Crippen LogP contribution in [0.1, 0.15) is 27.7 Å². The zero-order chi connectivity index (χ0) is 13.8. The largest absolute Gasteiger partial charge is 0.369 e. The van der Waals surface area contributed by atoms with Crippen molar-refractivity contribution in [2.75, 3.05) is 23.5 Å². The van der Waals surface area contributed by atoms with E-state index in [4.69, 9.17) is 5.84 Å². The van der Waals surface area contributed by atoms with E-state index in [1.165, 1.54) is 11.8 Å². The second kappa shape index (κ2) is 6.24. The van der Waals surface area contributed by atoms with E-state index in [0.717, 1.165) is 12.4 Å². The minimum Gasteiger partial charge on any atom is -0.369 e. The Morgan fingerprint density at radius 2 is 1.94 bits per heavy atom. The number of rotatable bonds is 6. The molecule has 1 heterocycles. The maximum Gasteiger partial charge on any atom is 0.191 e. The van der Waals surface area contributed by atoms with Crippen LogP contribution in [0.25, 0.3) is 0 Å². The maximum absolute atomic E-state index is 5.40. The number of hydrogen-bond acceptors (Lipinski definition) is 6.